The molecule has 0 atom stereocenters. The third kappa shape index (κ3) is 6.65. The molecule has 0 heterocycles. The molecule has 2 N–H and O–H groups in total. The van der Waals surface area contributed by atoms with Crippen LogP contribution in [0.5, 0.6) is 0 Å². The standard InChI is InChI=1S/C16H14Cl2N2O2S2/c17-11-6-7-13(18)14(8-11)24-10-16(22)20-19-15(21)9-23-12-4-2-1-3-5-12/h1-8H,9-10H2,(H,19,21)(H,20,22). The molecule has 8 heteroatoms. The molecule has 2 amide bonds. The molecule has 0 radical (unpaired) electrons. The molecule has 2 rings (SSSR count). The van der Waals surface area contributed by atoms with E-state index in [2.05, 4.69) is 10.9 Å². The van der Waals surface area contributed by atoms with E-state index < -0.39 is 0 Å². The van der Waals surface area contributed by atoms with E-state index in [1.165, 1.54) is 23.5 Å². The Balaban J connectivity index is 1.69. The average molecular weight is 401 g/mol. The van der Waals surface area contributed by atoms with Gasteiger partial charge < -0.3 is 0 Å². The van der Waals surface area contributed by atoms with Crippen molar-refractivity contribution in [2.75, 3.05) is 11.5 Å². The third-order valence-corrected chi connectivity index (χ3v) is 5.45. The average Bonchev–Trinajstić information content (AvgIpc) is 2.59. The van der Waals surface area contributed by atoms with Crippen molar-refractivity contribution in [1.29, 1.82) is 0 Å². The summed E-state index contributed by atoms with van der Waals surface area (Å²) in [4.78, 5) is 25.2. The summed E-state index contributed by atoms with van der Waals surface area (Å²) in [5, 5.41) is 1.08. The smallest absolute Gasteiger partial charge is 0.248 e. The fourth-order valence-electron chi connectivity index (χ4n) is 1.61. The minimum atomic E-state index is -0.325. The number of hydrogen-bond donors (Lipinski definition) is 2. The number of nitrogens with one attached hydrogen (secondary N) is 2. The number of hydrogen-bond acceptors (Lipinski definition) is 4. The number of thioether (sulfide) groups is 2. The van der Waals surface area contributed by atoms with Gasteiger partial charge in [-0.25, -0.2) is 0 Å². The lowest BCUT2D eigenvalue weighted by atomic mass is 10.4. The molecule has 0 spiro atoms. The predicted molar refractivity (Wildman–Crippen MR) is 101 cm³/mol. The van der Waals surface area contributed by atoms with Crippen molar-refractivity contribution in [2.45, 2.75) is 9.79 Å². The van der Waals surface area contributed by atoms with Gasteiger partial charge in [-0.05, 0) is 30.3 Å². The van der Waals surface area contributed by atoms with E-state index in [4.69, 9.17) is 23.2 Å². The zero-order valence-corrected chi connectivity index (χ0v) is 15.6. The summed E-state index contributed by atoms with van der Waals surface area (Å²) in [5.41, 5.74) is 4.76. The summed E-state index contributed by atoms with van der Waals surface area (Å²) in [6.07, 6.45) is 0. The molecule has 0 aliphatic rings. The lowest BCUT2D eigenvalue weighted by molar-refractivity contribution is -0.126. The normalized spacial score (nSPS) is 10.2. The molecule has 2 aromatic carbocycles. The van der Waals surface area contributed by atoms with E-state index >= 15 is 0 Å². The van der Waals surface area contributed by atoms with Gasteiger partial charge in [0.05, 0.1) is 16.5 Å². The van der Waals surface area contributed by atoms with Crippen molar-refractivity contribution in [2.24, 2.45) is 0 Å². The molecular formula is C16H14Cl2N2O2S2. The van der Waals surface area contributed by atoms with Crippen molar-refractivity contribution in [3.8, 4) is 0 Å². The molecular weight excluding hydrogens is 387 g/mol. The van der Waals surface area contributed by atoms with Crippen molar-refractivity contribution in [3.05, 3.63) is 58.6 Å². The highest BCUT2D eigenvalue weighted by Crippen LogP contribution is 2.29. The van der Waals surface area contributed by atoms with E-state index in [0.717, 1.165) is 4.90 Å². The first-order valence-electron chi connectivity index (χ1n) is 6.88. The minimum absolute atomic E-state index is 0.117. The van der Waals surface area contributed by atoms with Gasteiger partial charge in [0.15, 0.2) is 0 Å². The van der Waals surface area contributed by atoms with Gasteiger partial charge in [0, 0.05) is 14.8 Å². The Bertz CT molecular complexity index is 714. The number of amides is 2. The minimum Gasteiger partial charge on any atom is -0.272 e. The highest BCUT2D eigenvalue weighted by Gasteiger charge is 2.08. The van der Waals surface area contributed by atoms with Crippen LogP contribution < -0.4 is 10.9 Å². The second-order valence-electron chi connectivity index (χ2n) is 4.56. The van der Waals surface area contributed by atoms with Crippen LogP contribution in [-0.4, -0.2) is 23.3 Å². The van der Waals surface area contributed by atoms with Gasteiger partial charge in [0.25, 0.3) is 0 Å². The van der Waals surface area contributed by atoms with Gasteiger partial charge in [-0.15, -0.1) is 23.5 Å². The van der Waals surface area contributed by atoms with E-state index in [0.29, 0.717) is 14.9 Å². The number of halogens is 2. The molecule has 4 nitrogen and oxygen atoms in total. The van der Waals surface area contributed by atoms with Gasteiger partial charge in [0.2, 0.25) is 11.8 Å². The van der Waals surface area contributed by atoms with Crippen LogP contribution in [0.3, 0.4) is 0 Å². The maximum absolute atomic E-state index is 11.8. The summed E-state index contributed by atoms with van der Waals surface area (Å²) in [6.45, 7) is 0. The van der Waals surface area contributed by atoms with Crippen molar-refractivity contribution in [1.82, 2.24) is 10.9 Å². The van der Waals surface area contributed by atoms with Crippen molar-refractivity contribution >= 4 is 58.5 Å². The summed E-state index contributed by atoms with van der Waals surface area (Å²) in [5.74, 6) is -0.263. The second kappa shape index (κ2) is 9.84. The Hall–Kier alpha value is -1.34. The van der Waals surface area contributed by atoms with E-state index in [-0.39, 0.29) is 23.3 Å². The molecule has 2 aromatic rings. The van der Waals surface area contributed by atoms with Crippen LogP contribution in [0.4, 0.5) is 0 Å². The largest absolute Gasteiger partial charge is 0.272 e. The first-order chi connectivity index (χ1) is 11.5. The molecule has 24 heavy (non-hydrogen) atoms. The molecule has 126 valence electrons. The molecule has 0 unspecified atom stereocenters. The number of rotatable bonds is 6. The Labute approximate surface area is 158 Å². The Kier molecular flexibility index (Phi) is 7.78. The highest BCUT2D eigenvalue weighted by molar-refractivity contribution is 8.00. The molecule has 0 saturated carbocycles. The molecule has 0 saturated heterocycles. The maximum atomic E-state index is 11.8. The zero-order valence-electron chi connectivity index (χ0n) is 12.4. The maximum Gasteiger partial charge on any atom is 0.248 e. The van der Waals surface area contributed by atoms with Crippen LogP contribution in [0.25, 0.3) is 0 Å². The fraction of sp³-hybridized carbons (Fsp3) is 0.125. The van der Waals surface area contributed by atoms with Gasteiger partial charge in [-0.2, -0.15) is 0 Å². The lowest BCUT2D eigenvalue weighted by Crippen LogP contribution is -2.43. The Morgan fingerprint density at radius 3 is 2.17 bits per heavy atom. The molecule has 0 aliphatic heterocycles. The van der Waals surface area contributed by atoms with Crippen LogP contribution in [0.15, 0.2) is 58.3 Å². The number of benzene rings is 2. The second-order valence-corrected chi connectivity index (χ2v) is 7.47. The van der Waals surface area contributed by atoms with Crippen LogP contribution in [0, 0.1) is 0 Å². The third-order valence-electron chi connectivity index (χ3n) is 2.71. The predicted octanol–water partition coefficient (Wildman–Crippen LogP) is 4.03. The van der Waals surface area contributed by atoms with Crippen LogP contribution in [0.1, 0.15) is 0 Å². The zero-order chi connectivity index (χ0) is 17.4. The number of hydrazine groups is 1. The van der Waals surface area contributed by atoms with Crippen LogP contribution in [-0.2, 0) is 9.59 Å². The molecule has 0 aromatic heterocycles. The lowest BCUT2D eigenvalue weighted by Gasteiger charge is -2.08. The van der Waals surface area contributed by atoms with E-state index in [1.54, 1.807) is 18.2 Å². The topological polar surface area (TPSA) is 58.2 Å². The van der Waals surface area contributed by atoms with E-state index in [9.17, 15) is 9.59 Å². The van der Waals surface area contributed by atoms with Gasteiger partial charge >= 0.3 is 0 Å². The van der Waals surface area contributed by atoms with Crippen molar-refractivity contribution < 1.29 is 9.59 Å². The van der Waals surface area contributed by atoms with Crippen LogP contribution in [0.2, 0.25) is 10.0 Å². The molecule has 0 aliphatic carbocycles. The Morgan fingerprint density at radius 1 is 0.875 bits per heavy atom. The Morgan fingerprint density at radius 2 is 1.50 bits per heavy atom. The first-order valence-corrected chi connectivity index (χ1v) is 9.60. The SMILES string of the molecule is O=C(CSc1ccccc1)NNC(=O)CSc1cc(Cl)ccc1Cl. The van der Waals surface area contributed by atoms with Crippen LogP contribution >= 0.6 is 46.7 Å². The number of carbonyl (C=O) groups is 2. The van der Waals surface area contributed by atoms with Gasteiger partial charge in [-0.3, -0.25) is 20.4 Å². The van der Waals surface area contributed by atoms with Crippen molar-refractivity contribution in [3.63, 3.8) is 0 Å². The molecule has 0 bridgehead atoms. The van der Waals surface area contributed by atoms with Gasteiger partial charge in [-0.1, -0.05) is 41.4 Å². The van der Waals surface area contributed by atoms with Gasteiger partial charge in [0.1, 0.15) is 0 Å². The highest BCUT2D eigenvalue weighted by atomic mass is 35.5. The first kappa shape index (κ1) is 19.0. The van der Waals surface area contributed by atoms with E-state index in [1.807, 2.05) is 30.3 Å². The quantitative estimate of drug-likeness (QED) is 0.567. The number of carbonyl (C=O) groups excluding carboxylic acids is 2. The fourth-order valence-corrected chi connectivity index (χ4v) is 3.62. The summed E-state index contributed by atoms with van der Waals surface area (Å²) >= 11 is 14.6. The molecule has 0 fully saturated rings. The summed E-state index contributed by atoms with van der Waals surface area (Å²) in [7, 11) is 0. The monoisotopic (exact) mass is 400 g/mol. The summed E-state index contributed by atoms with van der Waals surface area (Å²) in [6, 6.07) is 14.6. The summed E-state index contributed by atoms with van der Waals surface area (Å²) < 4.78 is 0.